The molecule has 0 saturated carbocycles. The van der Waals surface area contributed by atoms with Crippen LogP contribution in [0.25, 0.3) is 10.6 Å². The summed E-state index contributed by atoms with van der Waals surface area (Å²) in [7, 11) is 0. The van der Waals surface area contributed by atoms with E-state index in [9.17, 15) is 4.79 Å². The lowest BCUT2D eigenvalue weighted by Crippen LogP contribution is -2.43. The van der Waals surface area contributed by atoms with Gasteiger partial charge in [-0.3, -0.25) is 4.79 Å². The smallest absolute Gasteiger partial charge is 0.226 e. The Hall–Kier alpha value is -1.43. The van der Waals surface area contributed by atoms with Gasteiger partial charge in [-0.1, -0.05) is 30.7 Å². The van der Waals surface area contributed by atoms with Crippen LogP contribution in [0, 0.1) is 0 Å². The fraction of sp³-hybridized carbons (Fsp3) is 0.474. The molecule has 1 amide bonds. The lowest BCUT2D eigenvalue weighted by molar-refractivity contribution is -0.121. The highest BCUT2D eigenvalue weighted by atomic mass is 35.5. The highest BCUT2D eigenvalue weighted by molar-refractivity contribution is 7.13. The zero-order valence-electron chi connectivity index (χ0n) is 14.5. The van der Waals surface area contributed by atoms with Gasteiger partial charge in [0.1, 0.15) is 5.01 Å². The molecule has 1 saturated heterocycles. The van der Waals surface area contributed by atoms with Gasteiger partial charge in [0, 0.05) is 28.6 Å². The first-order chi connectivity index (χ1) is 12.1. The van der Waals surface area contributed by atoms with E-state index in [0.29, 0.717) is 11.4 Å². The van der Waals surface area contributed by atoms with E-state index in [1.165, 1.54) is 12.8 Å². The van der Waals surface area contributed by atoms with Crippen molar-refractivity contribution >= 4 is 28.8 Å². The van der Waals surface area contributed by atoms with Crippen LogP contribution in [0.5, 0.6) is 0 Å². The zero-order valence-corrected chi connectivity index (χ0v) is 16.1. The predicted molar refractivity (Wildman–Crippen MR) is 104 cm³/mol. The van der Waals surface area contributed by atoms with Gasteiger partial charge < -0.3 is 10.2 Å². The van der Waals surface area contributed by atoms with E-state index in [-0.39, 0.29) is 11.9 Å². The fourth-order valence-corrected chi connectivity index (χ4v) is 4.15. The van der Waals surface area contributed by atoms with Crippen molar-refractivity contribution < 1.29 is 4.79 Å². The number of likely N-dealkylation sites (tertiary alicyclic amines) is 1. The number of hydrogen-bond donors (Lipinski definition) is 1. The molecular formula is C19H24ClN3OS. The Morgan fingerprint density at radius 3 is 2.92 bits per heavy atom. The Kier molecular flexibility index (Phi) is 6.45. The number of aromatic nitrogens is 1. The molecule has 1 aliphatic rings. The lowest BCUT2D eigenvalue weighted by atomic mass is 10.2. The number of halogens is 1. The van der Waals surface area contributed by atoms with E-state index in [1.54, 1.807) is 11.3 Å². The maximum atomic E-state index is 12.4. The molecule has 25 heavy (non-hydrogen) atoms. The number of carbonyl (C=O) groups is 1. The van der Waals surface area contributed by atoms with Gasteiger partial charge >= 0.3 is 0 Å². The maximum Gasteiger partial charge on any atom is 0.226 e. The summed E-state index contributed by atoms with van der Waals surface area (Å²) in [5.74, 6) is 0.0500. The van der Waals surface area contributed by atoms with Crippen molar-refractivity contribution in [1.82, 2.24) is 15.2 Å². The highest BCUT2D eigenvalue weighted by Gasteiger charge is 2.18. The highest BCUT2D eigenvalue weighted by Crippen LogP contribution is 2.26. The molecule has 1 fully saturated rings. The average molecular weight is 378 g/mol. The topological polar surface area (TPSA) is 45.2 Å². The molecule has 1 unspecified atom stereocenters. The van der Waals surface area contributed by atoms with Crippen LogP contribution >= 0.6 is 22.9 Å². The molecule has 0 bridgehead atoms. The molecule has 6 heteroatoms. The number of carbonyl (C=O) groups excluding carboxylic acids is 1. The molecule has 0 spiro atoms. The van der Waals surface area contributed by atoms with Crippen molar-refractivity contribution in [2.24, 2.45) is 0 Å². The van der Waals surface area contributed by atoms with Crippen LogP contribution < -0.4 is 5.32 Å². The van der Waals surface area contributed by atoms with E-state index >= 15 is 0 Å². The summed E-state index contributed by atoms with van der Waals surface area (Å²) in [5, 5.41) is 6.71. The van der Waals surface area contributed by atoms with E-state index in [0.717, 1.165) is 42.3 Å². The second-order valence-corrected chi connectivity index (χ2v) is 7.81. The molecule has 1 aromatic heterocycles. The van der Waals surface area contributed by atoms with Crippen molar-refractivity contribution in [3.05, 3.63) is 40.4 Å². The van der Waals surface area contributed by atoms with Gasteiger partial charge in [0.15, 0.2) is 0 Å². The molecule has 2 aromatic rings. The summed E-state index contributed by atoms with van der Waals surface area (Å²) in [6.07, 6.45) is 3.83. The van der Waals surface area contributed by atoms with E-state index in [4.69, 9.17) is 11.6 Å². The van der Waals surface area contributed by atoms with E-state index in [1.807, 2.05) is 29.6 Å². The summed E-state index contributed by atoms with van der Waals surface area (Å²) in [5.41, 5.74) is 1.80. The number of hydrogen-bond acceptors (Lipinski definition) is 4. The number of nitrogens with one attached hydrogen (secondary N) is 1. The molecule has 2 heterocycles. The minimum atomic E-state index is 0.0500. The molecule has 4 nitrogen and oxygen atoms in total. The lowest BCUT2D eigenvalue weighted by Gasteiger charge is -2.23. The van der Waals surface area contributed by atoms with Gasteiger partial charge in [0.25, 0.3) is 0 Å². The molecule has 1 aliphatic heterocycles. The third-order valence-corrected chi connectivity index (χ3v) is 5.68. The Morgan fingerprint density at radius 2 is 2.20 bits per heavy atom. The van der Waals surface area contributed by atoms with Gasteiger partial charge in [-0.2, -0.15) is 0 Å². The molecule has 134 valence electrons. The third kappa shape index (κ3) is 5.27. The minimum absolute atomic E-state index is 0.0500. The minimum Gasteiger partial charge on any atom is -0.352 e. The predicted octanol–water partition coefficient (Wildman–Crippen LogP) is 4.00. The molecule has 3 rings (SSSR count). The quantitative estimate of drug-likeness (QED) is 0.793. The second-order valence-electron chi connectivity index (χ2n) is 6.51. The summed E-state index contributed by atoms with van der Waals surface area (Å²) in [4.78, 5) is 19.4. The van der Waals surface area contributed by atoms with Gasteiger partial charge in [-0.15, -0.1) is 11.3 Å². The molecule has 1 atom stereocenters. The maximum absolute atomic E-state index is 12.4. The van der Waals surface area contributed by atoms with Crippen molar-refractivity contribution in [2.45, 2.75) is 38.6 Å². The van der Waals surface area contributed by atoms with Crippen LogP contribution in [0.3, 0.4) is 0 Å². The normalized spacial score (nSPS) is 16.1. The van der Waals surface area contributed by atoms with Gasteiger partial charge in [0.2, 0.25) is 5.91 Å². The fourth-order valence-electron chi connectivity index (χ4n) is 3.14. The van der Waals surface area contributed by atoms with Crippen LogP contribution in [0.4, 0.5) is 0 Å². The number of thiazole rings is 1. The Balaban J connectivity index is 1.55. The summed E-state index contributed by atoms with van der Waals surface area (Å²) in [6.45, 7) is 5.39. The van der Waals surface area contributed by atoms with Gasteiger partial charge in [-0.05, 0) is 44.5 Å². The molecular weight excluding hydrogens is 354 g/mol. The Morgan fingerprint density at radius 1 is 1.40 bits per heavy atom. The van der Waals surface area contributed by atoms with Crippen molar-refractivity contribution in [1.29, 1.82) is 0 Å². The Labute approximate surface area is 158 Å². The van der Waals surface area contributed by atoms with Crippen LogP contribution in [-0.2, 0) is 11.2 Å². The van der Waals surface area contributed by atoms with E-state index < -0.39 is 0 Å². The zero-order chi connectivity index (χ0) is 17.6. The van der Waals surface area contributed by atoms with Crippen molar-refractivity contribution in [3.8, 4) is 10.6 Å². The largest absolute Gasteiger partial charge is 0.352 e. The van der Waals surface area contributed by atoms with Crippen molar-refractivity contribution in [3.63, 3.8) is 0 Å². The molecule has 0 radical (unpaired) electrons. The molecule has 0 aliphatic carbocycles. The molecule has 1 aromatic carbocycles. The summed E-state index contributed by atoms with van der Waals surface area (Å²) >= 11 is 7.58. The number of amides is 1. The number of nitrogens with zero attached hydrogens (tertiary/aromatic N) is 2. The first-order valence-electron chi connectivity index (χ1n) is 8.86. The monoisotopic (exact) mass is 377 g/mol. The van der Waals surface area contributed by atoms with Crippen LogP contribution in [0.15, 0.2) is 29.6 Å². The first kappa shape index (κ1) is 18.4. The summed E-state index contributed by atoms with van der Waals surface area (Å²) < 4.78 is 0. The van der Waals surface area contributed by atoms with Crippen LogP contribution in [0.2, 0.25) is 5.02 Å². The first-order valence-corrected chi connectivity index (χ1v) is 10.1. The van der Waals surface area contributed by atoms with Crippen LogP contribution in [-0.4, -0.2) is 41.5 Å². The number of rotatable bonds is 7. The Bertz CT molecular complexity index is 712. The SMILES string of the molecule is CCC(CN1CCCC1)NC(=O)Cc1csc(-c2cccc(Cl)c2)n1. The standard InChI is InChI=1S/C19H24ClN3OS/c1-2-16(12-23-8-3-4-9-23)21-18(24)11-17-13-25-19(22-17)14-6-5-7-15(20)10-14/h5-7,10,13,16H,2-4,8-9,11-12H2,1H3,(H,21,24). The second kappa shape index (κ2) is 8.79. The van der Waals surface area contributed by atoms with E-state index in [2.05, 4.69) is 22.1 Å². The third-order valence-electron chi connectivity index (χ3n) is 4.50. The number of benzene rings is 1. The van der Waals surface area contributed by atoms with Crippen LogP contribution in [0.1, 0.15) is 31.9 Å². The average Bonchev–Trinajstić information content (AvgIpc) is 3.26. The van der Waals surface area contributed by atoms with Crippen molar-refractivity contribution in [2.75, 3.05) is 19.6 Å². The van der Waals surface area contributed by atoms with Gasteiger partial charge in [0.05, 0.1) is 12.1 Å². The molecule has 1 N–H and O–H groups in total. The van der Waals surface area contributed by atoms with Gasteiger partial charge in [-0.25, -0.2) is 4.98 Å². The summed E-state index contributed by atoms with van der Waals surface area (Å²) in [6, 6.07) is 7.86.